The first-order valence-electron chi connectivity index (χ1n) is 5.89. The molecular weight excluding hydrogens is 184 g/mol. The minimum atomic E-state index is 0.262. The Morgan fingerprint density at radius 1 is 1.00 bits per heavy atom. The molecule has 0 fully saturated rings. The van der Waals surface area contributed by atoms with E-state index in [0.717, 1.165) is 12.2 Å². The summed E-state index contributed by atoms with van der Waals surface area (Å²) in [6, 6.07) is 8.27. The molecule has 1 nitrogen and oxygen atoms in total. The molecule has 1 aromatic carbocycles. The average Bonchev–Trinajstić information content (AvgIpc) is 2.19. The van der Waals surface area contributed by atoms with Gasteiger partial charge in [0.1, 0.15) is 5.75 Å². The van der Waals surface area contributed by atoms with Crippen LogP contribution in [0.5, 0.6) is 5.75 Å². The van der Waals surface area contributed by atoms with Crippen LogP contribution in [-0.4, -0.2) is 6.10 Å². The summed E-state index contributed by atoms with van der Waals surface area (Å²) < 4.78 is 5.51. The summed E-state index contributed by atoms with van der Waals surface area (Å²) in [7, 11) is 0. The van der Waals surface area contributed by atoms with E-state index in [1.54, 1.807) is 0 Å². The molecule has 0 radical (unpaired) electrons. The van der Waals surface area contributed by atoms with Crippen LogP contribution in [0.3, 0.4) is 0 Å². The number of hydrogen-bond donors (Lipinski definition) is 0. The van der Waals surface area contributed by atoms with E-state index < -0.39 is 0 Å². The Morgan fingerprint density at radius 2 is 1.47 bits per heavy atom. The van der Waals surface area contributed by atoms with Crippen molar-refractivity contribution in [3.8, 4) is 5.75 Å². The van der Waals surface area contributed by atoms with Gasteiger partial charge in [-0.15, -0.1) is 0 Å². The van der Waals surface area contributed by atoms with E-state index in [9.17, 15) is 0 Å². The van der Waals surface area contributed by atoms with Crippen LogP contribution in [0.1, 0.15) is 46.6 Å². The number of aryl methyl sites for hydroxylation is 1. The lowest BCUT2D eigenvalue weighted by Gasteiger charge is -2.09. The second kappa shape index (κ2) is 8.34. The van der Waals surface area contributed by atoms with E-state index >= 15 is 0 Å². The van der Waals surface area contributed by atoms with E-state index in [1.807, 2.05) is 26.0 Å². The van der Waals surface area contributed by atoms with Crippen molar-refractivity contribution in [2.24, 2.45) is 0 Å². The molecule has 86 valence electrons. The zero-order valence-corrected chi connectivity index (χ0v) is 10.7. The number of benzene rings is 1. The van der Waals surface area contributed by atoms with Crippen molar-refractivity contribution in [2.45, 2.75) is 53.6 Å². The lowest BCUT2D eigenvalue weighted by atomic mass is 10.2. The molecule has 0 bridgehead atoms. The molecule has 0 saturated heterocycles. The monoisotopic (exact) mass is 208 g/mol. The number of rotatable bonds is 3. The van der Waals surface area contributed by atoms with Crippen molar-refractivity contribution in [1.82, 2.24) is 0 Å². The van der Waals surface area contributed by atoms with Gasteiger partial charge in [-0.3, -0.25) is 0 Å². The van der Waals surface area contributed by atoms with E-state index in [-0.39, 0.29) is 6.10 Å². The molecule has 0 amide bonds. The Bertz CT molecular complexity index is 236. The maximum Gasteiger partial charge on any atom is 0.119 e. The Balaban J connectivity index is 0.000000583. The first kappa shape index (κ1) is 14.0. The summed E-state index contributed by atoms with van der Waals surface area (Å²) in [5.41, 5.74) is 1.35. The molecule has 0 N–H and O–H groups in total. The molecule has 0 atom stereocenters. The van der Waals surface area contributed by atoms with Crippen molar-refractivity contribution in [1.29, 1.82) is 0 Å². The quantitative estimate of drug-likeness (QED) is 0.713. The smallest absolute Gasteiger partial charge is 0.119 e. The first-order valence-corrected chi connectivity index (χ1v) is 5.89. The van der Waals surface area contributed by atoms with Crippen molar-refractivity contribution in [3.05, 3.63) is 29.8 Å². The minimum Gasteiger partial charge on any atom is -0.491 e. The van der Waals surface area contributed by atoms with Gasteiger partial charge in [0.25, 0.3) is 0 Å². The third-order valence-electron chi connectivity index (χ3n) is 1.70. The highest BCUT2D eigenvalue weighted by molar-refractivity contribution is 5.27. The molecule has 1 aromatic rings. The molecule has 0 unspecified atom stereocenters. The van der Waals surface area contributed by atoms with E-state index in [4.69, 9.17) is 4.74 Å². The summed E-state index contributed by atoms with van der Waals surface area (Å²) >= 11 is 0. The molecule has 0 spiro atoms. The third-order valence-corrected chi connectivity index (χ3v) is 1.70. The van der Waals surface area contributed by atoms with Crippen LogP contribution in [-0.2, 0) is 6.42 Å². The summed E-state index contributed by atoms with van der Waals surface area (Å²) in [6.45, 7) is 10.5. The maximum absolute atomic E-state index is 5.51. The van der Waals surface area contributed by atoms with Crippen molar-refractivity contribution in [2.75, 3.05) is 0 Å². The zero-order chi connectivity index (χ0) is 11.7. The fourth-order valence-corrected chi connectivity index (χ4v) is 1.08. The van der Waals surface area contributed by atoms with Crippen LogP contribution in [0.2, 0.25) is 0 Å². The van der Waals surface area contributed by atoms with Gasteiger partial charge in [0.05, 0.1) is 6.10 Å². The zero-order valence-electron chi connectivity index (χ0n) is 10.7. The molecule has 15 heavy (non-hydrogen) atoms. The van der Waals surface area contributed by atoms with Crippen molar-refractivity contribution < 1.29 is 4.74 Å². The molecule has 0 heterocycles. The molecule has 1 heteroatoms. The van der Waals surface area contributed by atoms with Crippen LogP contribution in [0.25, 0.3) is 0 Å². The lowest BCUT2D eigenvalue weighted by Crippen LogP contribution is -2.05. The predicted octanol–water partition coefficient (Wildman–Crippen LogP) is 4.45. The van der Waals surface area contributed by atoms with Gasteiger partial charge in [0.15, 0.2) is 0 Å². The largest absolute Gasteiger partial charge is 0.491 e. The summed E-state index contributed by atoms with van der Waals surface area (Å²) in [5, 5.41) is 0. The Morgan fingerprint density at radius 3 is 1.80 bits per heavy atom. The molecular formula is C14H24O. The van der Waals surface area contributed by atoms with Crippen LogP contribution < -0.4 is 4.74 Å². The summed E-state index contributed by atoms with van der Waals surface area (Å²) in [5.74, 6) is 0.960. The molecule has 0 saturated carbocycles. The van der Waals surface area contributed by atoms with Gasteiger partial charge in [-0.25, -0.2) is 0 Å². The van der Waals surface area contributed by atoms with Gasteiger partial charge in [0, 0.05) is 0 Å². The number of hydrogen-bond acceptors (Lipinski definition) is 1. The molecule has 0 aliphatic carbocycles. The highest BCUT2D eigenvalue weighted by Gasteiger charge is 1.96. The average molecular weight is 208 g/mol. The van der Waals surface area contributed by atoms with Gasteiger partial charge in [-0.05, 0) is 38.0 Å². The Kier molecular flexibility index (Phi) is 7.79. The summed E-state index contributed by atoms with van der Waals surface area (Å²) in [6.07, 6.45) is 2.60. The van der Waals surface area contributed by atoms with E-state index in [1.165, 1.54) is 12.0 Å². The molecule has 0 aromatic heterocycles. The Hall–Kier alpha value is -0.980. The van der Waals surface area contributed by atoms with Crippen molar-refractivity contribution >= 4 is 0 Å². The van der Waals surface area contributed by atoms with Crippen molar-refractivity contribution in [3.63, 3.8) is 0 Å². The van der Waals surface area contributed by atoms with Gasteiger partial charge < -0.3 is 4.74 Å². The minimum absolute atomic E-state index is 0.262. The highest BCUT2D eigenvalue weighted by Crippen LogP contribution is 2.13. The predicted molar refractivity (Wildman–Crippen MR) is 67.5 cm³/mol. The SMILES string of the molecule is CCC.CCc1ccc(OC(C)C)cc1. The maximum atomic E-state index is 5.51. The fraction of sp³-hybridized carbons (Fsp3) is 0.571. The third kappa shape index (κ3) is 7.01. The van der Waals surface area contributed by atoms with E-state index in [0.29, 0.717) is 0 Å². The molecule has 0 aliphatic rings. The molecule has 0 aliphatic heterocycles. The van der Waals surface area contributed by atoms with Gasteiger partial charge in [-0.2, -0.15) is 0 Å². The topological polar surface area (TPSA) is 9.23 Å². The highest BCUT2D eigenvalue weighted by atomic mass is 16.5. The van der Waals surface area contributed by atoms with Gasteiger partial charge in [-0.1, -0.05) is 39.3 Å². The number of ether oxygens (including phenoxy) is 1. The second-order valence-corrected chi connectivity index (χ2v) is 3.87. The normalized spacial score (nSPS) is 9.47. The fourth-order valence-electron chi connectivity index (χ4n) is 1.08. The van der Waals surface area contributed by atoms with Crippen LogP contribution >= 0.6 is 0 Å². The second-order valence-electron chi connectivity index (χ2n) is 3.87. The Labute approximate surface area is 94.5 Å². The van der Waals surface area contributed by atoms with Crippen LogP contribution in [0.4, 0.5) is 0 Å². The lowest BCUT2D eigenvalue weighted by molar-refractivity contribution is 0.242. The van der Waals surface area contributed by atoms with Crippen LogP contribution in [0, 0.1) is 0 Å². The standard InChI is InChI=1S/C11H16O.C3H8/c1-4-10-5-7-11(8-6-10)12-9(2)3;1-3-2/h5-9H,4H2,1-3H3;3H2,1-2H3. The van der Waals surface area contributed by atoms with Crippen LogP contribution in [0.15, 0.2) is 24.3 Å². The first-order chi connectivity index (χ1) is 7.13. The van der Waals surface area contributed by atoms with Gasteiger partial charge >= 0.3 is 0 Å². The summed E-state index contributed by atoms with van der Waals surface area (Å²) in [4.78, 5) is 0. The van der Waals surface area contributed by atoms with Gasteiger partial charge in [0.2, 0.25) is 0 Å². The van der Waals surface area contributed by atoms with E-state index in [2.05, 4.69) is 32.9 Å². The molecule has 1 rings (SSSR count).